The first-order valence-electron chi connectivity index (χ1n) is 9.06. The van der Waals surface area contributed by atoms with Gasteiger partial charge in [0.15, 0.2) is 0 Å². The van der Waals surface area contributed by atoms with E-state index in [0.29, 0.717) is 19.8 Å². The molecule has 0 aliphatic rings. The normalized spacial score (nSPS) is 11.0. The van der Waals surface area contributed by atoms with Gasteiger partial charge in [0, 0.05) is 12.7 Å². The summed E-state index contributed by atoms with van der Waals surface area (Å²) >= 11 is 0. The minimum Gasteiger partial charge on any atom is -0.478 e. The van der Waals surface area contributed by atoms with E-state index in [1.807, 2.05) is 35.0 Å². The first-order valence-corrected chi connectivity index (χ1v) is 9.06. The molecule has 1 heterocycles. The largest absolute Gasteiger partial charge is 0.478 e. The summed E-state index contributed by atoms with van der Waals surface area (Å²) in [5.74, 6) is -0.917. The van der Waals surface area contributed by atoms with Crippen LogP contribution in [0.5, 0.6) is 0 Å². The molecule has 0 saturated heterocycles. The summed E-state index contributed by atoms with van der Waals surface area (Å²) in [6, 6.07) is 21.5. The Labute approximate surface area is 162 Å². The molecule has 1 aromatic heterocycles. The fourth-order valence-electron chi connectivity index (χ4n) is 3.13. The monoisotopic (exact) mass is 372 g/mol. The van der Waals surface area contributed by atoms with Crippen molar-refractivity contribution < 1.29 is 14.6 Å². The van der Waals surface area contributed by atoms with Crippen LogP contribution in [-0.2, 0) is 24.5 Å². The lowest BCUT2D eigenvalue weighted by Gasteiger charge is -2.05. The molecular formula is C23H20N2O3. The molecule has 0 amide bonds. The van der Waals surface area contributed by atoms with Crippen molar-refractivity contribution in [2.45, 2.75) is 19.8 Å². The van der Waals surface area contributed by atoms with Gasteiger partial charge in [0.05, 0.1) is 30.8 Å². The van der Waals surface area contributed by atoms with E-state index in [1.54, 1.807) is 18.5 Å². The van der Waals surface area contributed by atoms with Crippen LogP contribution in [0.1, 0.15) is 27.2 Å². The van der Waals surface area contributed by atoms with Gasteiger partial charge in [0.2, 0.25) is 0 Å². The molecule has 0 bridgehead atoms. The minimum atomic E-state index is -0.917. The van der Waals surface area contributed by atoms with E-state index in [-0.39, 0.29) is 5.56 Å². The summed E-state index contributed by atoms with van der Waals surface area (Å²) in [4.78, 5) is 15.3. The van der Waals surface area contributed by atoms with Gasteiger partial charge in [0.25, 0.3) is 0 Å². The highest BCUT2D eigenvalue weighted by Crippen LogP contribution is 2.16. The number of rotatable bonds is 7. The van der Waals surface area contributed by atoms with Crippen molar-refractivity contribution in [3.05, 3.63) is 102 Å². The zero-order chi connectivity index (χ0) is 19.3. The predicted octanol–water partition coefficient (Wildman–Crippen LogP) is 4.50. The second-order valence-corrected chi connectivity index (χ2v) is 6.71. The Balaban J connectivity index is 1.32. The molecule has 0 aliphatic carbocycles. The van der Waals surface area contributed by atoms with E-state index >= 15 is 0 Å². The van der Waals surface area contributed by atoms with E-state index in [4.69, 9.17) is 9.84 Å². The highest BCUT2D eigenvalue weighted by atomic mass is 16.5. The Morgan fingerprint density at radius 3 is 2.46 bits per heavy atom. The van der Waals surface area contributed by atoms with Crippen LogP contribution in [0, 0.1) is 0 Å². The number of aromatic carboxylic acids is 1. The number of carboxylic acid groups (broad SMARTS) is 1. The second-order valence-electron chi connectivity index (χ2n) is 6.71. The maximum atomic E-state index is 10.9. The number of carbonyl (C=O) groups is 1. The Bertz CT molecular complexity index is 1100. The lowest BCUT2D eigenvalue weighted by molar-refractivity contribution is 0.0697. The highest BCUT2D eigenvalue weighted by molar-refractivity contribution is 5.87. The van der Waals surface area contributed by atoms with E-state index < -0.39 is 5.97 Å². The van der Waals surface area contributed by atoms with Crippen molar-refractivity contribution in [3.63, 3.8) is 0 Å². The van der Waals surface area contributed by atoms with Gasteiger partial charge < -0.3 is 14.4 Å². The van der Waals surface area contributed by atoms with Gasteiger partial charge in [-0.1, -0.05) is 48.5 Å². The van der Waals surface area contributed by atoms with E-state index in [0.717, 1.165) is 16.8 Å². The number of hydrogen-bond donors (Lipinski definition) is 1. The van der Waals surface area contributed by atoms with Crippen LogP contribution >= 0.6 is 0 Å². The fourth-order valence-corrected chi connectivity index (χ4v) is 3.13. The fraction of sp³-hybridized carbons (Fsp3) is 0.130. The van der Waals surface area contributed by atoms with E-state index in [2.05, 4.69) is 35.3 Å². The maximum absolute atomic E-state index is 10.9. The van der Waals surface area contributed by atoms with Crippen LogP contribution in [-0.4, -0.2) is 20.6 Å². The average molecular weight is 372 g/mol. The lowest BCUT2D eigenvalue weighted by Crippen LogP contribution is -1.99. The first kappa shape index (κ1) is 17.9. The van der Waals surface area contributed by atoms with Crippen LogP contribution < -0.4 is 0 Å². The third-order valence-corrected chi connectivity index (χ3v) is 4.59. The molecule has 3 aromatic carbocycles. The number of imidazole rings is 1. The Morgan fingerprint density at radius 2 is 1.68 bits per heavy atom. The predicted molar refractivity (Wildman–Crippen MR) is 107 cm³/mol. The number of hydrogen-bond acceptors (Lipinski definition) is 3. The maximum Gasteiger partial charge on any atom is 0.335 e. The van der Waals surface area contributed by atoms with Gasteiger partial charge in [-0.2, -0.15) is 0 Å². The molecule has 0 unspecified atom stereocenters. The van der Waals surface area contributed by atoms with Gasteiger partial charge in [-0.05, 0) is 40.1 Å². The molecule has 0 fully saturated rings. The van der Waals surface area contributed by atoms with Crippen LogP contribution in [0.2, 0.25) is 0 Å². The summed E-state index contributed by atoms with van der Waals surface area (Å²) in [5, 5.41) is 11.4. The molecule has 0 spiro atoms. The van der Waals surface area contributed by atoms with Gasteiger partial charge in [0.1, 0.15) is 0 Å². The first-order chi connectivity index (χ1) is 13.7. The molecule has 140 valence electrons. The van der Waals surface area contributed by atoms with Crippen LogP contribution in [0.15, 0.2) is 79.3 Å². The van der Waals surface area contributed by atoms with Gasteiger partial charge in [-0.25, -0.2) is 9.78 Å². The highest BCUT2D eigenvalue weighted by Gasteiger charge is 2.04. The Hall–Kier alpha value is -3.44. The third-order valence-electron chi connectivity index (χ3n) is 4.59. The molecule has 4 aromatic rings. The van der Waals surface area contributed by atoms with Gasteiger partial charge >= 0.3 is 5.97 Å². The SMILES string of the molecule is O=C(O)c1ccc(Cn2cnc(COCc3ccc4ccccc4c3)c2)cc1. The summed E-state index contributed by atoms with van der Waals surface area (Å²) in [7, 11) is 0. The van der Waals surface area contributed by atoms with Crippen molar-refractivity contribution in [1.29, 1.82) is 0 Å². The standard InChI is InChI=1S/C23H20N2O3/c26-23(27)20-9-5-17(6-10-20)12-25-13-22(24-16-25)15-28-14-18-7-8-19-3-1-2-4-21(19)11-18/h1-11,13,16H,12,14-15H2,(H,26,27). The van der Waals surface area contributed by atoms with Gasteiger partial charge in [-0.15, -0.1) is 0 Å². The molecule has 5 nitrogen and oxygen atoms in total. The van der Waals surface area contributed by atoms with Crippen LogP contribution in [0.4, 0.5) is 0 Å². The molecule has 0 aliphatic heterocycles. The summed E-state index contributed by atoms with van der Waals surface area (Å²) < 4.78 is 7.78. The molecule has 0 atom stereocenters. The van der Waals surface area contributed by atoms with Crippen molar-refractivity contribution in [2.75, 3.05) is 0 Å². The Morgan fingerprint density at radius 1 is 0.929 bits per heavy atom. The molecule has 0 saturated carbocycles. The molecule has 0 radical (unpaired) electrons. The number of carboxylic acids is 1. The summed E-state index contributed by atoms with van der Waals surface area (Å²) in [6.45, 7) is 1.61. The second kappa shape index (κ2) is 8.06. The topological polar surface area (TPSA) is 64.3 Å². The van der Waals surface area contributed by atoms with E-state index in [1.165, 1.54) is 10.8 Å². The smallest absolute Gasteiger partial charge is 0.335 e. The van der Waals surface area contributed by atoms with Crippen molar-refractivity contribution >= 4 is 16.7 Å². The molecule has 1 N–H and O–H groups in total. The van der Waals surface area contributed by atoms with Crippen molar-refractivity contribution in [1.82, 2.24) is 9.55 Å². The van der Waals surface area contributed by atoms with Crippen LogP contribution in [0.3, 0.4) is 0 Å². The van der Waals surface area contributed by atoms with Crippen molar-refractivity contribution in [3.8, 4) is 0 Å². The number of fused-ring (bicyclic) bond motifs is 1. The lowest BCUT2D eigenvalue weighted by atomic mass is 10.1. The molecule has 4 rings (SSSR count). The zero-order valence-corrected chi connectivity index (χ0v) is 15.3. The van der Waals surface area contributed by atoms with Crippen molar-refractivity contribution in [2.24, 2.45) is 0 Å². The number of benzene rings is 3. The zero-order valence-electron chi connectivity index (χ0n) is 15.3. The average Bonchev–Trinajstić information content (AvgIpc) is 3.15. The molecule has 5 heteroatoms. The van der Waals surface area contributed by atoms with E-state index in [9.17, 15) is 4.79 Å². The summed E-state index contributed by atoms with van der Waals surface area (Å²) in [6.07, 6.45) is 3.71. The number of nitrogens with zero attached hydrogens (tertiary/aromatic N) is 2. The third kappa shape index (κ3) is 4.27. The molecular weight excluding hydrogens is 352 g/mol. The number of aromatic nitrogens is 2. The minimum absolute atomic E-state index is 0.289. The van der Waals surface area contributed by atoms with Crippen LogP contribution in [0.25, 0.3) is 10.8 Å². The Kier molecular flexibility index (Phi) is 5.17. The quantitative estimate of drug-likeness (QED) is 0.519. The number of ether oxygens (including phenoxy) is 1. The summed E-state index contributed by atoms with van der Waals surface area (Å²) in [5.41, 5.74) is 3.31. The molecule has 28 heavy (non-hydrogen) atoms. The van der Waals surface area contributed by atoms with Gasteiger partial charge in [-0.3, -0.25) is 0 Å².